The molecule has 1 fully saturated rings. The van der Waals surface area contributed by atoms with E-state index < -0.39 is 0 Å². The van der Waals surface area contributed by atoms with Gasteiger partial charge >= 0.3 is 0 Å². The van der Waals surface area contributed by atoms with Gasteiger partial charge in [-0.3, -0.25) is 4.79 Å². The minimum atomic E-state index is -0.245. The third-order valence-corrected chi connectivity index (χ3v) is 5.74. The van der Waals surface area contributed by atoms with Crippen molar-refractivity contribution in [1.82, 2.24) is 5.32 Å². The minimum absolute atomic E-state index is 0. The second-order valence-electron chi connectivity index (χ2n) is 6.17. The van der Waals surface area contributed by atoms with Crippen LogP contribution in [0.2, 0.25) is 0 Å². The highest BCUT2D eigenvalue weighted by Crippen LogP contribution is 2.29. The van der Waals surface area contributed by atoms with Gasteiger partial charge in [0.1, 0.15) is 0 Å². The molecule has 0 saturated heterocycles. The van der Waals surface area contributed by atoms with E-state index in [0.717, 1.165) is 24.2 Å². The summed E-state index contributed by atoms with van der Waals surface area (Å²) in [7, 11) is 0. The lowest BCUT2D eigenvalue weighted by Crippen LogP contribution is -2.43. The van der Waals surface area contributed by atoms with Crippen LogP contribution in [0.5, 0.6) is 0 Å². The van der Waals surface area contributed by atoms with E-state index in [-0.39, 0.29) is 30.3 Å². The average Bonchev–Trinajstić information content (AvgIpc) is 2.55. The molecule has 4 atom stereocenters. The number of thioether (sulfide) groups is 1. The topological polar surface area (TPSA) is 55.1 Å². The number of hydrogen-bond donors (Lipinski definition) is 2. The maximum atomic E-state index is 12.5. The monoisotopic (exact) mass is 356 g/mol. The number of carbonyl (C=O) groups is 1. The van der Waals surface area contributed by atoms with Crippen molar-refractivity contribution in [3.63, 3.8) is 0 Å². The largest absolute Gasteiger partial charge is 0.353 e. The number of nitrogens with one attached hydrogen (secondary N) is 1. The summed E-state index contributed by atoms with van der Waals surface area (Å²) in [5.41, 5.74) is 7.28. The predicted octanol–water partition coefficient (Wildman–Crippen LogP) is 3.92. The molecule has 3 nitrogen and oxygen atoms in total. The zero-order chi connectivity index (χ0) is 15.9. The van der Waals surface area contributed by atoms with E-state index >= 15 is 0 Å². The number of rotatable bonds is 6. The zero-order valence-electron chi connectivity index (χ0n) is 14.0. The van der Waals surface area contributed by atoms with Crippen LogP contribution >= 0.6 is 24.2 Å². The van der Waals surface area contributed by atoms with E-state index in [2.05, 4.69) is 12.2 Å². The van der Waals surface area contributed by atoms with Crippen molar-refractivity contribution in [3.05, 3.63) is 35.9 Å². The second-order valence-corrected chi connectivity index (χ2v) is 7.75. The van der Waals surface area contributed by atoms with Gasteiger partial charge in [0.25, 0.3) is 0 Å². The van der Waals surface area contributed by atoms with E-state index in [1.54, 1.807) is 0 Å². The smallest absolute Gasteiger partial charge is 0.224 e. The molecule has 0 aliphatic heterocycles. The van der Waals surface area contributed by atoms with E-state index in [1.807, 2.05) is 49.0 Å². The Kier molecular flexibility index (Phi) is 9.03. The molecule has 1 saturated carbocycles. The van der Waals surface area contributed by atoms with Crippen molar-refractivity contribution in [2.45, 2.75) is 56.9 Å². The first kappa shape index (κ1) is 20.3. The summed E-state index contributed by atoms with van der Waals surface area (Å²) in [6, 6.07) is 9.95. The number of benzene rings is 1. The lowest BCUT2D eigenvalue weighted by Gasteiger charge is -2.31. The van der Waals surface area contributed by atoms with Gasteiger partial charge in [0.2, 0.25) is 5.91 Å². The van der Waals surface area contributed by atoms with E-state index in [4.69, 9.17) is 5.73 Å². The molecule has 3 N–H and O–H groups in total. The number of halogens is 1. The van der Waals surface area contributed by atoms with Crippen molar-refractivity contribution in [2.75, 3.05) is 5.75 Å². The van der Waals surface area contributed by atoms with E-state index in [9.17, 15) is 4.79 Å². The van der Waals surface area contributed by atoms with Crippen LogP contribution in [0, 0.1) is 5.92 Å². The fraction of sp³-hybridized carbons (Fsp3) is 0.611. The van der Waals surface area contributed by atoms with Crippen molar-refractivity contribution in [3.8, 4) is 0 Å². The molecule has 0 radical (unpaired) electrons. The van der Waals surface area contributed by atoms with Gasteiger partial charge in [-0.15, -0.1) is 12.4 Å². The maximum Gasteiger partial charge on any atom is 0.224 e. The predicted molar refractivity (Wildman–Crippen MR) is 102 cm³/mol. The van der Waals surface area contributed by atoms with Gasteiger partial charge in [-0.1, -0.05) is 50.6 Å². The van der Waals surface area contributed by atoms with Gasteiger partial charge in [-0.05, 0) is 30.6 Å². The molecule has 0 aromatic heterocycles. The van der Waals surface area contributed by atoms with Crippen LogP contribution in [0.25, 0.3) is 0 Å². The summed E-state index contributed by atoms with van der Waals surface area (Å²) in [4.78, 5) is 12.5. The summed E-state index contributed by atoms with van der Waals surface area (Å²) in [6.07, 6.45) is 4.68. The molecule has 0 bridgehead atoms. The molecule has 23 heavy (non-hydrogen) atoms. The Labute approximate surface area is 150 Å². The summed E-state index contributed by atoms with van der Waals surface area (Å²) in [5, 5.41) is 3.92. The Morgan fingerprint density at radius 2 is 2.04 bits per heavy atom. The maximum absolute atomic E-state index is 12.5. The third-order valence-electron chi connectivity index (χ3n) is 4.51. The molecule has 130 valence electrons. The first-order valence-electron chi connectivity index (χ1n) is 8.34. The Morgan fingerprint density at radius 1 is 1.35 bits per heavy atom. The summed E-state index contributed by atoms with van der Waals surface area (Å²) >= 11 is 2.02. The quantitative estimate of drug-likeness (QED) is 0.812. The lowest BCUT2D eigenvalue weighted by atomic mass is 9.92. The van der Waals surface area contributed by atoms with Crippen LogP contribution in [-0.2, 0) is 4.79 Å². The molecule has 1 aromatic carbocycles. The van der Waals surface area contributed by atoms with Gasteiger partial charge in [-0.2, -0.15) is 11.8 Å². The van der Waals surface area contributed by atoms with Crippen LogP contribution < -0.4 is 11.1 Å². The van der Waals surface area contributed by atoms with Crippen LogP contribution in [-0.4, -0.2) is 23.0 Å². The van der Waals surface area contributed by atoms with Gasteiger partial charge in [0, 0.05) is 17.3 Å². The molecule has 1 aliphatic rings. The highest BCUT2D eigenvalue weighted by Gasteiger charge is 2.27. The number of amides is 1. The Hall–Kier alpha value is -0.710. The Bertz CT molecular complexity index is 469. The normalized spacial score (nSPS) is 23.4. The van der Waals surface area contributed by atoms with E-state index in [0.29, 0.717) is 11.3 Å². The molecule has 5 heteroatoms. The standard InChI is InChI=1S/C18H28N2OS.ClH/c1-3-22-16-11-7-10-15(12-16)20-18(21)13(2)17(19)14-8-5-4-6-9-14;/h4-6,8-9,13,15-17H,3,7,10-12,19H2,1-2H3,(H,20,21);1H. The Balaban J connectivity index is 0.00000264. The van der Waals surface area contributed by atoms with Crippen LogP contribution in [0.3, 0.4) is 0 Å². The van der Waals surface area contributed by atoms with Gasteiger partial charge in [0.05, 0.1) is 5.92 Å². The van der Waals surface area contributed by atoms with E-state index in [1.165, 1.54) is 12.8 Å². The molecule has 4 unspecified atom stereocenters. The van der Waals surface area contributed by atoms with Crippen molar-refractivity contribution in [1.29, 1.82) is 0 Å². The van der Waals surface area contributed by atoms with Crippen LogP contribution in [0.1, 0.15) is 51.1 Å². The SMILES string of the molecule is CCSC1CCCC(NC(=O)C(C)C(N)c2ccccc2)C1.Cl. The van der Waals surface area contributed by atoms with Crippen molar-refractivity contribution in [2.24, 2.45) is 11.7 Å². The molecule has 0 spiro atoms. The molecular formula is C18H29ClN2OS. The zero-order valence-corrected chi connectivity index (χ0v) is 15.7. The molecule has 0 heterocycles. The molecule has 1 aliphatic carbocycles. The molecule has 1 aromatic rings. The van der Waals surface area contributed by atoms with Crippen LogP contribution in [0.15, 0.2) is 30.3 Å². The highest BCUT2D eigenvalue weighted by atomic mass is 35.5. The minimum Gasteiger partial charge on any atom is -0.353 e. The van der Waals surface area contributed by atoms with Crippen molar-refractivity contribution >= 4 is 30.1 Å². The Morgan fingerprint density at radius 3 is 2.70 bits per heavy atom. The molecular weight excluding hydrogens is 328 g/mol. The molecule has 1 amide bonds. The van der Waals surface area contributed by atoms with Gasteiger partial charge in [-0.25, -0.2) is 0 Å². The second kappa shape index (κ2) is 10.2. The summed E-state index contributed by atoms with van der Waals surface area (Å²) in [5.74, 6) is 1.03. The lowest BCUT2D eigenvalue weighted by molar-refractivity contribution is -0.126. The van der Waals surface area contributed by atoms with Crippen molar-refractivity contribution < 1.29 is 4.79 Å². The first-order chi connectivity index (χ1) is 10.6. The third kappa shape index (κ3) is 6.02. The van der Waals surface area contributed by atoms with Crippen LogP contribution in [0.4, 0.5) is 0 Å². The van der Waals surface area contributed by atoms with Gasteiger partial charge in [0.15, 0.2) is 0 Å². The number of nitrogens with two attached hydrogens (primary N) is 1. The fourth-order valence-electron chi connectivity index (χ4n) is 3.12. The highest BCUT2D eigenvalue weighted by molar-refractivity contribution is 7.99. The van der Waals surface area contributed by atoms with Gasteiger partial charge < -0.3 is 11.1 Å². The first-order valence-corrected chi connectivity index (χ1v) is 9.39. The fourth-order valence-corrected chi connectivity index (χ4v) is 4.30. The molecule has 2 rings (SSSR count). The number of hydrogen-bond acceptors (Lipinski definition) is 3. The summed E-state index contributed by atoms with van der Waals surface area (Å²) < 4.78 is 0. The average molecular weight is 357 g/mol. The summed E-state index contributed by atoms with van der Waals surface area (Å²) in [6.45, 7) is 4.13. The number of carbonyl (C=O) groups excluding carboxylic acids is 1.